The summed E-state index contributed by atoms with van der Waals surface area (Å²) in [7, 11) is 0. The Labute approximate surface area is 141 Å². The normalized spacial score (nSPS) is 10.8. The molecule has 4 nitrogen and oxygen atoms in total. The SMILES string of the molecule is O=c1ccc2cc(OCCCCNCc3ccccc3)ccc2[nH]1. The Bertz CT molecular complexity index is 828. The molecular formula is C20H22N2O2. The van der Waals surface area contributed by atoms with Gasteiger partial charge in [0, 0.05) is 23.5 Å². The van der Waals surface area contributed by atoms with E-state index in [1.165, 1.54) is 11.6 Å². The van der Waals surface area contributed by atoms with Crippen LogP contribution in [-0.4, -0.2) is 18.1 Å². The van der Waals surface area contributed by atoms with Crippen molar-refractivity contribution in [3.63, 3.8) is 0 Å². The Morgan fingerprint density at radius 3 is 2.71 bits per heavy atom. The van der Waals surface area contributed by atoms with Gasteiger partial charge in [0.1, 0.15) is 5.75 Å². The minimum Gasteiger partial charge on any atom is -0.494 e. The average molecular weight is 322 g/mol. The van der Waals surface area contributed by atoms with Gasteiger partial charge < -0.3 is 15.0 Å². The van der Waals surface area contributed by atoms with Crippen LogP contribution in [0.1, 0.15) is 18.4 Å². The molecular weight excluding hydrogens is 300 g/mol. The Morgan fingerprint density at radius 2 is 1.83 bits per heavy atom. The van der Waals surface area contributed by atoms with Crippen molar-refractivity contribution in [2.45, 2.75) is 19.4 Å². The first-order chi connectivity index (χ1) is 11.8. The molecule has 24 heavy (non-hydrogen) atoms. The number of nitrogens with one attached hydrogen (secondary N) is 2. The average Bonchev–Trinajstić information content (AvgIpc) is 2.62. The largest absolute Gasteiger partial charge is 0.494 e. The predicted octanol–water partition coefficient (Wildman–Crippen LogP) is 3.48. The number of unbranched alkanes of at least 4 members (excludes halogenated alkanes) is 1. The summed E-state index contributed by atoms with van der Waals surface area (Å²) in [4.78, 5) is 14.1. The Morgan fingerprint density at radius 1 is 0.958 bits per heavy atom. The monoisotopic (exact) mass is 322 g/mol. The summed E-state index contributed by atoms with van der Waals surface area (Å²) in [5.41, 5.74) is 2.06. The van der Waals surface area contributed by atoms with Gasteiger partial charge in [0.15, 0.2) is 0 Å². The lowest BCUT2D eigenvalue weighted by Gasteiger charge is -2.08. The molecule has 3 aromatic rings. The number of hydrogen-bond acceptors (Lipinski definition) is 3. The molecule has 0 amide bonds. The number of ether oxygens (including phenoxy) is 1. The minimum atomic E-state index is -0.0841. The van der Waals surface area contributed by atoms with Crippen LogP contribution in [0.15, 0.2) is 65.5 Å². The lowest BCUT2D eigenvalue weighted by Crippen LogP contribution is -2.15. The fourth-order valence-corrected chi connectivity index (χ4v) is 2.59. The van der Waals surface area contributed by atoms with Crippen LogP contribution in [0.25, 0.3) is 10.9 Å². The van der Waals surface area contributed by atoms with Crippen LogP contribution < -0.4 is 15.6 Å². The summed E-state index contributed by atoms with van der Waals surface area (Å²) in [5, 5.41) is 4.42. The summed E-state index contributed by atoms with van der Waals surface area (Å²) in [6.45, 7) is 2.59. The second-order valence-corrected chi connectivity index (χ2v) is 5.79. The molecule has 2 aromatic carbocycles. The van der Waals surface area contributed by atoms with Gasteiger partial charge in [-0.3, -0.25) is 4.79 Å². The number of fused-ring (bicyclic) bond motifs is 1. The third kappa shape index (κ3) is 4.70. The lowest BCUT2D eigenvalue weighted by molar-refractivity contribution is 0.306. The van der Waals surface area contributed by atoms with Gasteiger partial charge in [-0.15, -0.1) is 0 Å². The van der Waals surface area contributed by atoms with Crippen molar-refractivity contribution < 1.29 is 4.74 Å². The van der Waals surface area contributed by atoms with Crippen LogP contribution in [0.4, 0.5) is 0 Å². The quantitative estimate of drug-likeness (QED) is 0.624. The van der Waals surface area contributed by atoms with Gasteiger partial charge in [0.05, 0.1) is 6.61 Å². The van der Waals surface area contributed by atoms with E-state index in [-0.39, 0.29) is 5.56 Å². The van der Waals surface area contributed by atoms with Gasteiger partial charge in [-0.05, 0) is 49.2 Å². The van der Waals surface area contributed by atoms with Gasteiger partial charge in [0.25, 0.3) is 0 Å². The number of aromatic nitrogens is 1. The minimum absolute atomic E-state index is 0.0841. The topological polar surface area (TPSA) is 54.1 Å². The molecule has 1 heterocycles. The van der Waals surface area contributed by atoms with E-state index < -0.39 is 0 Å². The summed E-state index contributed by atoms with van der Waals surface area (Å²) in [6, 6.07) is 19.5. The maximum atomic E-state index is 11.3. The molecule has 1 aromatic heterocycles. The highest BCUT2D eigenvalue weighted by atomic mass is 16.5. The predicted molar refractivity (Wildman–Crippen MR) is 97.4 cm³/mol. The fraction of sp³-hybridized carbons (Fsp3) is 0.250. The van der Waals surface area contributed by atoms with Crippen molar-refractivity contribution in [2.24, 2.45) is 0 Å². The van der Waals surface area contributed by atoms with Crippen LogP contribution in [-0.2, 0) is 6.54 Å². The van der Waals surface area contributed by atoms with Crippen molar-refractivity contribution in [1.82, 2.24) is 10.3 Å². The van der Waals surface area contributed by atoms with Gasteiger partial charge in [0.2, 0.25) is 5.56 Å². The van der Waals surface area contributed by atoms with Crippen LogP contribution >= 0.6 is 0 Å². The molecule has 0 saturated heterocycles. The van der Waals surface area contributed by atoms with E-state index in [2.05, 4.69) is 34.6 Å². The van der Waals surface area contributed by atoms with E-state index >= 15 is 0 Å². The first kappa shape index (κ1) is 16.3. The highest BCUT2D eigenvalue weighted by molar-refractivity contribution is 5.79. The van der Waals surface area contributed by atoms with E-state index in [0.29, 0.717) is 6.61 Å². The highest BCUT2D eigenvalue weighted by Crippen LogP contribution is 2.18. The van der Waals surface area contributed by atoms with E-state index in [4.69, 9.17) is 4.74 Å². The number of aromatic amines is 1. The summed E-state index contributed by atoms with van der Waals surface area (Å²) >= 11 is 0. The Kier molecular flexibility index (Phi) is 5.64. The number of pyridine rings is 1. The van der Waals surface area contributed by atoms with E-state index in [9.17, 15) is 4.79 Å². The first-order valence-corrected chi connectivity index (χ1v) is 8.32. The van der Waals surface area contributed by atoms with Crippen LogP contribution in [0.5, 0.6) is 5.75 Å². The van der Waals surface area contributed by atoms with Crippen LogP contribution in [0.2, 0.25) is 0 Å². The number of rotatable bonds is 8. The standard InChI is InChI=1S/C20H22N2O2/c23-20-11-8-17-14-18(9-10-19(17)22-20)24-13-5-4-12-21-15-16-6-2-1-3-7-16/h1-3,6-11,14,21H,4-5,12-13,15H2,(H,22,23). The van der Waals surface area contributed by atoms with Crippen molar-refractivity contribution in [2.75, 3.05) is 13.2 Å². The molecule has 0 atom stereocenters. The molecule has 4 heteroatoms. The lowest BCUT2D eigenvalue weighted by atomic mass is 10.2. The van der Waals surface area contributed by atoms with Crippen molar-refractivity contribution in [3.8, 4) is 5.75 Å². The zero-order valence-corrected chi connectivity index (χ0v) is 13.6. The highest BCUT2D eigenvalue weighted by Gasteiger charge is 1.99. The molecule has 0 aliphatic heterocycles. The van der Waals surface area contributed by atoms with Crippen LogP contribution in [0.3, 0.4) is 0 Å². The molecule has 0 radical (unpaired) electrons. The molecule has 124 valence electrons. The maximum Gasteiger partial charge on any atom is 0.248 e. The molecule has 0 fully saturated rings. The molecule has 0 spiro atoms. The Hall–Kier alpha value is -2.59. The van der Waals surface area contributed by atoms with E-state index in [0.717, 1.165) is 42.6 Å². The zero-order valence-electron chi connectivity index (χ0n) is 13.6. The summed E-state index contributed by atoms with van der Waals surface area (Å²) < 4.78 is 5.79. The first-order valence-electron chi connectivity index (χ1n) is 8.32. The van der Waals surface area contributed by atoms with Gasteiger partial charge in [-0.2, -0.15) is 0 Å². The van der Waals surface area contributed by atoms with Crippen LogP contribution in [0, 0.1) is 0 Å². The van der Waals surface area contributed by atoms with Gasteiger partial charge >= 0.3 is 0 Å². The second kappa shape index (κ2) is 8.31. The van der Waals surface area contributed by atoms with Gasteiger partial charge in [-0.1, -0.05) is 30.3 Å². The molecule has 0 aliphatic rings. The second-order valence-electron chi connectivity index (χ2n) is 5.79. The van der Waals surface area contributed by atoms with E-state index in [1.807, 2.05) is 30.3 Å². The third-order valence-electron chi connectivity index (χ3n) is 3.88. The van der Waals surface area contributed by atoms with Crippen molar-refractivity contribution in [1.29, 1.82) is 0 Å². The summed E-state index contributed by atoms with van der Waals surface area (Å²) in [5.74, 6) is 0.840. The maximum absolute atomic E-state index is 11.3. The fourth-order valence-electron chi connectivity index (χ4n) is 2.59. The third-order valence-corrected chi connectivity index (χ3v) is 3.88. The number of hydrogen-bond donors (Lipinski definition) is 2. The molecule has 0 aliphatic carbocycles. The molecule has 0 saturated carbocycles. The zero-order chi connectivity index (χ0) is 16.6. The summed E-state index contributed by atoms with van der Waals surface area (Å²) in [6.07, 6.45) is 2.08. The van der Waals surface area contributed by atoms with Crippen molar-refractivity contribution >= 4 is 10.9 Å². The Balaban J connectivity index is 1.36. The van der Waals surface area contributed by atoms with Gasteiger partial charge in [-0.25, -0.2) is 0 Å². The molecule has 0 bridgehead atoms. The molecule has 0 unspecified atom stereocenters. The smallest absolute Gasteiger partial charge is 0.248 e. The molecule has 2 N–H and O–H groups in total. The number of benzene rings is 2. The molecule has 3 rings (SSSR count). The van der Waals surface area contributed by atoms with E-state index in [1.54, 1.807) is 0 Å². The van der Waals surface area contributed by atoms with Crippen molar-refractivity contribution in [3.05, 3.63) is 76.6 Å². The number of H-pyrrole nitrogens is 1.